The fourth-order valence-electron chi connectivity index (χ4n) is 3.34. The maximum Gasteiger partial charge on any atom is 0.223 e. The summed E-state index contributed by atoms with van der Waals surface area (Å²) in [5, 5.41) is 4.05. The van der Waals surface area contributed by atoms with Crippen LogP contribution in [0.1, 0.15) is 39.0 Å². The summed E-state index contributed by atoms with van der Waals surface area (Å²) in [6.45, 7) is 1.89. The van der Waals surface area contributed by atoms with Crippen LogP contribution in [0.15, 0.2) is 36.5 Å². The van der Waals surface area contributed by atoms with Gasteiger partial charge in [0.15, 0.2) is 0 Å². The fourth-order valence-corrected chi connectivity index (χ4v) is 3.34. The van der Waals surface area contributed by atoms with Crippen molar-refractivity contribution in [2.24, 2.45) is 0 Å². The Morgan fingerprint density at radius 3 is 2.71 bits per heavy atom. The standard InChI is InChI=1S/C19H23N3O2/c1-14(23)22(13-11-18(24)21-16-8-2-3-9-16)17-10-4-6-15-7-5-12-20-19(15)17/h4-7,10,12,16H,2-3,8-9,11,13H2,1H3,(H,21,24). The van der Waals surface area contributed by atoms with Gasteiger partial charge in [-0.05, 0) is 25.0 Å². The average Bonchev–Trinajstić information content (AvgIpc) is 3.08. The van der Waals surface area contributed by atoms with Gasteiger partial charge in [0.25, 0.3) is 0 Å². The predicted octanol–water partition coefficient (Wildman–Crippen LogP) is 3.04. The zero-order valence-corrected chi connectivity index (χ0v) is 14.0. The molecule has 0 bridgehead atoms. The highest BCUT2D eigenvalue weighted by Crippen LogP contribution is 2.25. The van der Waals surface area contributed by atoms with Crippen molar-refractivity contribution in [1.82, 2.24) is 10.3 Å². The number of amides is 2. The minimum atomic E-state index is -0.0816. The lowest BCUT2D eigenvalue weighted by Gasteiger charge is -2.22. The molecule has 1 N–H and O–H groups in total. The quantitative estimate of drug-likeness (QED) is 0.919. The van der Waals surface area contributed by atoms with Crippen LogP contribution >= 0.6 is 0 Å². The van der Waals surface area contributed by atoms with E-state index < -0.39 is 0 Å². The number of carbonyl (C=O) groups is 2. The molecule has 0 unspecified atom stereocenters. The first-order chi connectivity index (χ1) is 11.6. The lowest BCUT2D eigenvalue weighted by Crippen LogP contribution is -2.37. The number of hydrogen-bond acceptors (Lipinski definition) is 3. The molecule has 1 aromatic heterocycles. The summed E-state index contributed by atoms with van der Waals surface area (Å²) in [7, 11) is 0. The Hall–Kier alpha value is -2.43. The van der Waals surface area contributed by atoms with E-state index in [-0.39, 0.29) is 11.8 Å². The van der Waals surface area contributed by atoms with E-state index >= 15 is 0 Å². The van der Waals surface area contributed by atoms with Crippen LogP contribution < -0.4 is 10.2 Å². The molecule has 0 radical (unpaired) electrons. The Balaban J connectivity index is 1.72. The van der Waals surface area contributed by atoms with Crippen LogP contribution in [0.3, 0.4) is 0 Å². The number of rotatable bonds is 5. The molecule has 1 aliphatic rings. The molecule has 1 aromatic carbocycles. The van der Waals surface area contributed by atoms with Crippen molar-refractivity contribution in [3.63, 3.8) is 0 Å². The first-order valence-electron chi connectivity index (χ1n) is 8.56. The molecular weight excluding hydrogens is 302 g/mol. The van der Waals surface area contributed by atoms with Crippen LogP contribution in [0.25, 0.3) is 10.9 Å². The molecule has 1 saturated carbocycles. The van der Waals surface area contributed by atoms with Crippen LogP contribution in [0.4, 0.5) is 5.69 Å². The summed E-state index contributed by atoms with van der Waals surface area (Å²) >= 11 is 0. The van der Waals surface area contributed by atoms with Crippen LogP contribution in [0.2, 0.25) is 0 Å². The molecule has 24 heavy (non-hydrogen) atoms. The second kappa shape index (κ2) is 7.43. The van der Waals surface area contributed by atoms with Gasteiger partial charge in [0.1, 0.15) is 0 Å². The largest absolute Gasteiger partial charge is 0.353 e. The minimum absolute atomic E-state index is 0.0151. The zero-order valence-electron chi connectivity index (χ0n) is 14.0. The second-order valence-corrected chi connectivity index (χ2v) is 6.32. The first kappa shape index (κ1) is 16.4. The van der Waals surface area contributed by atoms with E-state index in [2.05, 4.69) is 10.3 Å². The Kier molecular flexibility index (Phi) is 5.08. The Morgan fingerprint density at radius 1 is 1.21 bits per heavy atom. The summed E-state index contributed by atoms with van der Waals surface area (Å²) in [6.07, 6.45) is 6.53. The van der Waals surface area contributed by atoms with Gasteiger partial charge in [-0.3, -0.25) is 14.6 Å². The van der Waals surface area contributed by atoms with Gasteiger partial charge in [-0.1, -0.05) is 31.0 Å². The van der Waals surface area contributed by atoms with Gasteiger partial charge in [0, 0.05) is 37.5 Å². The van der Waals surface area contributed by atoms with Crippen LogP contribution in [-0.2, 0) is 9.59 Å². The van der Waals surface area contributed by atoms with Crippen molar-refractivity contribution >= 4 is 28.4 Å². The maximum absolute atomic E-state index is 12.2. The van der Waals surface area contributed by atoms with Crippen LogP contribution in [0, 0.1) is 0 Å². The lowest BCUT2D eigenvalue weighted by molar-refractivity contribution is -0.121. The fraction of sp³-hybridized carbons (Fsp3) is 0.421. The minimum Gasteiger partial charge on any atom is -0.353 e. The van der Waals surface area contributed by atoms with E-state index in [0.29, 0.717) is 19.0 Å². The normalized spacial score (nSPS) is 14.7. The molecule has 5 heteroatoms. The third-order valence-electron chi connectivity index (χ3n) is 4.57. The molecule has 2 aromatic rings. The number of benzene rings is 1. The molecule has 3 rings (SSSR count). The summed E-state index contributed by atoms with van der Waals surface area (Å²) in [6, 6.07) is 9.91. The Labute approximate surface area is 142 Å². The van der Waals surface area contributed by atoms with E-state index in [1.165, 1.54) is 19.8 Å². The topological polar surface area (TPSA) is 62.3 Å². The van der Waals surface area contributed by atoms with Gasteiger partial charge in [0.05, 0.1) is 11.2 Å². The monoisotopic (exact) mass is 325 g/mol. The van der Waals surface area contributed by atoms with Gasteiger partial charge in [-0.25, -0.2) is 0 Å². The van der Waals surface area contributed by atoms with Crippen LogP contribution in [0.5, 0.6) is 0 Å². The van der Waals surface area contributed by atoms with Gasteiger partial charge in [-0.2, -0.15) is 0 Å². The van der Waals surface area contributed by atoms with Crippen molar-refractivity contribution in [2.45, 2.75) is 45.1 Å². The number of hydrogen-bond donors (Lipinski definition) is 1. The molecule has 0 saturated heterocycles. The molecule has 1 aliphatic carbocycles. The summed E-state index contributed by atoms with van der Waals surface area (Å²) in [5.41, 5.74) is 1.54. The number of aromatic nitrogens is 1. The van der Waals surface area contributed by atoms with E-state index in [4.69, 9.17) is 0 Å². The Bertz CT molecular complexity index is 733. The Morgan fingerprint density at radius 2 is 1.96 bits per heavy atom. The van der Waals surface area contributed by atoms with Crippen molar-refractivity contribution in [3.05, 3.63) is 36.5 Å². The van der Waals surface area contributed by atoms with Crippen LogP contribution in [-0.4, -0.2) is 29.4 Å². The number of nitrogens with one attached hydrogen (secondary N) is 1. The number of carbonyl (C=O) groups excluding carboxylic acids is 2. The molecule has 2 amide bonds. The van der Waals surface area contributed by atoms with E-state index in [0.717, 1.165) is 29.4 Å². The molecule has 1 heterocycles. The average molecular weight is 325 g/mol. The molecule has 5 nitrogen and oxygen atoms in total. The van der Waals surface area contributed by atoms with E-state index in [1.54, 1.807) is 11.1 Å². The van der Waals surface area contributed by atoms with Crippen molar-refractivity contribution < 1.29 is 9.59 Å². The predicted molar refractivity (Wildman–Crippen MR) is 94.8 cm³/mol. The van der Waals surface area contributed by atoms with Gasteiger partial charge < -0.3 is 10.2 Å². The second-order valence-electron chi connectivity index (χ2n) is 6.32. The third-order valence-corrected chi connectivity index (χ3v) is 4.57. The molecule has 126 valence electrons. The van der Waals surface area contributed by atoms with Gasteiger partial charge in [-0.15, -0.1) is 0 Å². The zero-order chi connectivity index (χ0) is 16.9. The molecule has 0 atom stereocenters. The number of pyridine rings is 1. The molecule has 1 fully saturated rings. The van der Waals surface area contributed by atoms with E-state index in [9.17, 15) is 9.59 Å². The first-order valence-corrected chi connectivity index (χ1v) is 8.56. The van der Waals surface area contributed by atoms with E-state index in [1.807, 2.05) is 30.3 Å². The summed E-state index contributed by atoms with van der Waals surface area (Å²) < 4.78 is 0. The smallest absolute Gasteiger partial charge is 0.223 e. The highest BCUT2D eigenvalue weighted by atomic mass is 16.2. The number of anilines is 1. The molecular formula is C19H23N3O2. The van der Waals surface area contributed by atoms with Gasteiger partial charge >= 0.3 is 0 Å². The number of nitrogens with zero attached hydrogens (tertiary/aromatic N) is 2. The summed E-state index contributed by atoms with van der Waals surface area (Å²) in [4.78, 5) is 30.3. The lowest BCUT2D eigenvalue weighted by atomic mass is 10.1. The molecule has 0 spiro atoms. The summed E-state index contributed by atoms with van der Waals surface area (Å²) in [5.74, 6) is -0.0665. The highest BCUT2D eigenvalue weighted by Gasteiger charge is 2.19. The number of para-hydroxylation sites is 1. The van der Waals surface area contributed by atoms with Crippen molar-refractivity contribution in [2.75, 3.05) is 11.4 Å². The maximum atomic E-state index is 12.2. The van der Waals surface area contributed by atoms with Gasteiger partial charge in [0.2, 0.25) is 11.8 Å². The third kappa shape index (κ3) is 3.72. The van der Waals surface area contributed by atoms with Crippen molar-refractivity contribution in [3.8, 4) is 0 Å². The SMILES string of the molecule is CC(=O)N(CCC(=O)NC1CCCC1)c1cccc2cccnc12. The highest BCUT2D eigenvalue weighted by molar-refractivity contribution is 6.01. The molecule has 0 aliphatic heterocycles. The van der Waals surface area contributed by atoms with Crippen molar-refractivity contribution in [1.29, 1.82) is 0 Å². The number of fused-ring (bicyclic) bond motifs is 1.